The van der Waals surface area contributed by atoms with Crippen molar-refractivity contribution in [2.75, 3.05) is 5.32 Å². The monoisotopic (exact) mass is 223 g/mol. The summed E-state index contributed by atoms with van der Waals surface area (Å²) in [4.78, 5) is 0. The van der Waals surface area contributed by atoms with Gasteiger partial charge in [-0.05, 0) is 13.8 Å². The normalized spacial score (nSPS) is 12.7. The van der Waals surface area contributed by atoms with Gasteiger partial charge >= 0.3 is 0 Å². The Morgan fingerprint density at radius 1 is 1.60 bits per heavy atom. The first kappa shape index (κ1) is 10.1. The lowest BCUT2D eigenvalue weighted by Crippen LogP contribution is -2.05. The number of hydrogen-bond donors (Lipinski definition) is 1. The van der Waals surface area contributed by atoms with Crippen molar-refractivity contribution in [2.24, 2.45) is 0 Å². The van der Waals surface area contributed by atoms with Crippen LogP contribution >= 0.6 is 11.3 Å². The molecule has 2 rings (SSSR count). The molecule has 2 aromatic rings. The van der Waals surface area contributed by atoms with E-state index in [1.54, 1.807) is 5.51 Å². The molecule has 5 nitrogen and oxygen atoms in total. The highest BCUT2D eigenvalue weighted by Gasteiger charge is 2.08. The standard InChI is InChI=1S/C9H13N5S/c1-3-14-5-8(4-11-14)7(2)12-9-13-10-6-15-9/h4-7H,3H2,1-2H3,(H,12,13). The number of aromatic nitrogens is 4. The van der Waals surface area contributed by atoms with Gasteiger partial charge in [0, 0.05) is 18.3 Å². The minimum atomic E-state index is 0.207. The Labute approximate surface area is 92.2 Å². The number of nitrogens with zero attached hydrogens (tertiary/aromatic N) is 4. The zero-order valence-electron chi connectivity index (χ0n) is 8.71. The van der Waals surface area contributed by atoms with Crippen LogP contribution in [0.15, 0.2) is 17.9 Å². The van der Waals surface area contributed by atoms with Gasteiger partial charge in [-0.2, -0.15) is 5.10 Å². The SMILES string of the molecule is CCn1cc(C(C)Nc2nncs2)cn1. The van der Waals surface area contributed by atoms with Crippen LogP contribution in [0.4, 0.5) is 5.13 Å². The van der Waals surface area contributed by atoms with Crippen LogP contribution in [0.5, 0.6) is 0 Å². The Kier molecular flexibility index (Phi) is 2.96. The summed E-state index contributed by atoms with van der Waals surface area (Å²) in [5, 5.41) is 16.1. The minimum Gasteiger partial charge on any atom is -0.353 e. The van der Waals surface area contributed by atoms with Gasteiger partial charge in [0.05, 0.1) is 12.2 Å². The van der Waals surface area contributed by atoms with Gasteiger partial charge in [0.25, 0.3) is 0 Å². The number of anilines is 1. The van der Waals surface area contributed by atoms with E-state index in [2.05, 4.69) is 34.5 Å². The lowest BCUT2D eigenvalue weighted by molar-refractivity contribution is 0.658. The summed E-state index contributed by atoms with van der Waals surface area (Å²) in [6.45, 7) is 5.05. The van der Waals surface area contributed by atoms with Crippen LogP contribution in [0.2, 0.25) is 0 Å². The number of nitrogens with one attached hydrogen (secondary N) is 1. The van der Waals surface area contributed by atoms with Gasteiger partial charge in [-0.25, -0.2) is 0 Å². The molecule has 0 fully saturated rings. The molecule has 2 heterocycles. The van der Waals surface area contributed by atoms with E-state index in [1.165, 1.54) is 11.3 Å². The molecule has 80 valence electrons. The molecule has 0 aliphatic carbocycles. The molecule has 0 aliphatic heterocycles. The second-order valence-electron chi connectivity index (χ2n) is 3.24. The molecule has 15 heavy (non-hydrogen) atoms. The first-order valence-corrected chi connectivity index (χ1v) is 5.72. The fraction of sp³-hybridized carbons (Fsp3) is 0.444. The number of rotatable bonds is 4. The Morgan fingerprint density at radius 3 is 3.07 bits per heavy atom. The largest absolute Gasteiger partial charge is 0.353 e. The third kappa shape index (κ3) is 2.33. The molecule has 0 radical (unpaired) electrons. The van der Waals surface area contributed by atoms with Crippen molar-refractivity contribution < 1.29 is 0 Å². The zero-order valence-corrected chi connectivity index (χ0v) is 9.53. The van der Waals surface area contributed by atoms with Gasteiger partial charge in [-0.15, -0.1) is 10.2 Å². The minimum absolute atomic E-state index is 0.207. The molecule has 1 unspecified atom stereocenters. The second kappa shape index (κ2) is 4.39. The summed E-state index contributed by atoms with van der Waals surface area (Å²) in [5.74, 6) is 0. The summed E-state index contributed by atoms with van der Waals surface area (Å²) in [5.41, 5.74) is 2.87. The molecule has 1 N–H and O–H groups in total. The molecule has 0 spiro atoms. The summed E-state index contributed by atoms with van der Waals surface area (Å²) < 4.78 is 1.91. The highest BCUT2D eigenvalue weighted by atomic mass is 32.1. The molecule has 2 aromatic heterocycles. The maximum Gasteiger partial charge on any atom is 0.205 e. The lowest BCUT2D eigenvalue weighted by atomic mass is 10.2. The fourth-order valence-electron chi connectivity index (χ4n) is 1.28. The maximum absolute atomic E-state index is 4.23. The Morgan fingerprint density at radius 2 is 2.47 bits per heavy atom. The summed E-state index contributed by atoms with van der Waals surface area (Å²) >= 11 is 1.50. The van der Waals surface area contributed by atoms with Crippen LogP contribution < -0.4 is 5.32 Å². The molecule has 0 aliphatic rings. The summed E-state index contributed by atoms with van der Waals surface area (Å²) in [6, 6.07) is 0.207. The van der Waals surface area contributed by atoms with Crippen molar-refractivity contribution in [1.82, 2.24) is 20.0 Å². The van der Waals surface area contributed by atoms with Gasteiger partial charge in [0.1, 0.15) is 5.51 Å². The number of hydrogen-bond acceptors (Lipinski definition) is 5. The van der Waals surface area contributed by atoms with Crippen LogP contribution in [-0.4, -0.2) is 20.0 Å². The second-order valence-corrected chi connectivity index (χ2v) is 4.07. The van der Waals surface area contributed by atoms with Crippen molar-refractivity contribution >= 4 is 16.5 Å². The topological polar surface area (TPSA) is 55.6 Å². The molecule has 1 atom stereocenters. The molecular weight excluding hydrogens is 210 g/mol. The highest BCUT2D eigenvalue weighted by Crippen LogP contribution is 2.19. The molecule has 0 bridgehead atoms. The van der Waals surface area contributed by atoms with Gasteiger partial charge in [0.2, 0.25) is 5.13 Å². The molecular formula is C9H13N5S. The van der Waals surface area contributed by atoms with Crippen molar-refractivity contribution in [3.05, 3.63) is 23.5 Å². The number of aryl methyl sites for hydroxylation is 1. The van der Waals surface area contributed by atoms with Gasteiger partial charge in [0.15, 0.2) is 0 Å². The summed E-state index contributed by atoms with van der Waals surface area (Å²) in [6.07, 6.45) is 3.92. The first-order chi connectivity index (χ1) is 7.29. The average molecular weight is 223 g/mol. The van der Waals surface area contributed by atoms with Crippen molar-refractivity contribution in [3.63, 3.8) is 0 Å². The quantitative estimate of drug-likeness (QED) is 0.860. The smallest absolute Gasteiger partial charge is 0.205 e. The Hall–Kier alpha value is -1.43. The zero-order chi connectivity index (χ0) is 10.7. The Bertz CT molecular complexity index is 408. The fourth-order valence-corrected chi connectivity index (χ4v) is 1.81. The van der Waals surface area contributed by atoms with E-state index in [0.717, 1.165) is 17.2 Å². The van der Waals surface area contributed by atoms with E-state index >= 15 is 0 Å². The van der Waals surface area contributed by atoms with Crippen LogP contribution in [0, 0.1) is 0 Å². The van der Waals surface area contributed by atoms with Crippen molar-refractivity contribution in [3.8, 4) is 0 Å². The van der Waals surface area contributed by atoms with E-state index in [4.69, 9.17) is 0 Å². The molecule has 6 heteroatoms. The van der Waals surface area contributed by atoms with E-state index < -0.39 is 0 Å². The van der Waals surface area contributed by atoms with Gasteiger partial charge < -0.3 is 5.32 Å². The Balaban J connectivity index is 2.04. The molecule has 0 aromatic carbocycles. The van der Waals surface area contributed by atoms with Gasteiger partial charge in [-0.3, -0.25) is 4.68 Å². The molecule has 0 saturated heterocycles. The predicted molar refractivity (Wildman–Crippen MR) is 59.8 cm³/mol. The predicted octanol–water partition coefficient (Wildman–Crippen LogP) is 1.93. The van der Waals surface area contributed by atoms with Crippen LogP contribution in [0.3, 0.4) is 0 Å². The van der Waals surface area contributed by atoms with Crippen LogP contribution in [0.25, 0.3) is 0 Å². The highest BCUT2D eigenvalue weighted by molar-refractivity contribution is 7.13. The third-order valence-corrected chi connectivity index (χ3v) is 2.80. The van der Waals surface area contributed by atoms with E-state index in [-0.39, 0.29) is 6.04 Å². The maximum atomic E-state index is 4.23. The van der Waals surface area contributed by atoms with Crippen molar-refractivity contribution in [1.29, 1.82) is 0 Å². The average Bonchev–Trinajstić information content (AvgIpc) is 2.86. The van der Waals surface area contributed by atoms with Crippen LogP contribution in [-0.2, 0) is 6.54 Å². The van der Waals surface area contributed by atoms with E-state index in [0.29, 0.717) is 0 Å². The lowest BCUT2D eigenvalue weighted by Gasteiger charge is -2.09. The van der Waals surface area contributed by atoms with E-state index in [1.807, 2.05) is 17.1 Å². The molecule has 0 saturated carbocycles. The van der Waals surface area contributed by atoms with Crippen LogP contribution in [0.1, 0.15) is 25.5 Å². The molecule has 0 amide bonds. The van der Waals surface area contributed by atoms with E-state index in [9.17, 15) is 0 Å². The van der Waals surface area contributed by atoms with Crippen molar-refractivity contribution in [2.45, 2.75) is 26.4 Å². The third-order valence-electron chi connectivity index (χ3n) is 2.18. The first-order valence-electron chi connectivity index (χ1n) is 4.84. The van der Waals surface area contributed by atoms with Gasteiger partial charge in [-0.1, -0.05) is 11.3 Å². The summed E-state index contributed by atoms with van der Waals surface area (Å²) in [7, 11) is 0.